The summed E-state index contributed by atoms with van der Waals surface area (Å²) in [6, 6.07) is 0. The van der Waals surface area contributed by atoms with Gasteiger partial charge < -0.3 is 0 Å². The molecule has 0 nitrogen and oxygen atoms in total. The molecule has 1 aliphatic carbocycles. The van der Waals surface area contributed by atoms with Crippen LogP contribution >= 0.6 is 0 Å². The average Bonchev–Trinajstić information content (AvgIpc) is 2.07. The van der Waals surface area contributed by atoms with Crippen molar-refractivity contribution in [3.63, 3.8) is 0 Å². The van der Waals surface area contributed by atoms with Crippen LogP contribution in [0.2, 0.25) is 0 Å². The summed E-state index contributed by atoms with van der Waals surface area (Å²) >= 11 is 0.584. The molecule has 0 amide bonds. The van der Waals surface area contributed by atoms with E-state index in [9.17, 15) is 0 Å². The van der Waals surface area contributed by atoms with Gasteiger partial charge in [0.25, 0.3) is 0 Å². The SMILES string of the molecule is CCC1[I-]CC2=C1CC2. The molecule has 2 rings (SSSR count). The third kappa shape index (κ3) is 0.846. The topological polar surface area (TPSA) is 0 Å². The summed E-state index contributed by atoms with van der Waals surface area (Å²) in [5, 5.41) is 0. The Balaban J connectivity index is 2.14. The molecule has 52 valence electrons. The van der Waals surface area contributed by atoms with Crippen molar-refractivity contribution < 1.29 is 21.2 Å². The molecule has 0 saturated heterocycles. The van der Waals surface area contributed by atoms with Gasteiger partial charge in [0.15, 0.2) is 0 Å². The first-order valence-corrected chi connectivity index (χ1v) is 6.47. The van der Waals surface area contributed by atoms with Gasteiger partial charge in [-0.2, -0.15) is 0 Å². The van der Waals surface area contributed by atoms with Crippen molar-refractivity contribution in [2.24, 2.45) is 0 Å². The first-order valence-electron chi connectivity index (χ1n) is 3.70. The van der Waals surface area contributed by atoms with Gasteiger partial charge in [-0.05, 0) is 0 Å². The van der Waals surface area contributed by atoms with Crippen molar-refractivity contribution in [2.75, 3.05) is 4.43 Å². The summed E-state index contributed by atoms with van der Waals surface area (Å²) in [6.07, 6.45) is 4.37. The zero-order chi connectivity index (χ0) is 6.27. The Morgan fingerprint density at radius 3 is 2.78 bits per heavy atom. The Kier molecular flexibility index (Phi) is 1.55. The summed E-state index contributed by atoms with van der Waals surface area (Å²) < 4.78 is 2.67. The van der Waals surface area contributed by atoms with E-state index in [2.05, 4.69) is 6.92 Å². The predicted octanol–water partition coefficient (Wildman–Crippen LogP) is -1.04. The summed E-state index contributed by atoms with van der Waals surface area (Å²) in [5.74, 6) is 0. The fourth-order valence-electron chi connectivity index (χ4n) is 1.61. The molecule has 0 aromatic rings. The number of alkyl halides is 2. The van der Waals surface area contributed by atoms with Crippen molar-refractivity contribution in [2.45, 2.75) is 30.1 Å². The van der Waals surface area contributed by atoms with E-state index in [4.69, 9.17) is 0 Å². The third-order valence-electron chi connectivity index (χ3n) is 2.31. The van der Waals surface area contributed by atoms with E-state index in [1.165, 1.54) is 19.3 Å². The molecule has 0 radical (unpaired) electrons. The van der Waals surface area contributed by atoms with Gasteiger partial charge in [-0.3, -0.25) is 0 Å². The summed E-state index contributed by atoms with van der Waals surface area (Å²) in [5.41, 5.74) is 3.76. The molecule has 1 atom stereocenters. The number of hydrogen-bond donors (Lipinski definition) is 0. The number of allylic oxidation sites excluding steroid dienone is 2. The van der Waals surface area contributed by atoms with Gasteiger partial charge in [0, 0.05) is 0 Å². The summed E-state index contributed by atoms with van der Waals surface area (Å²) in [7, 11) is 0. The first-order chi connectivity index (χ1) is 4.42. The maximum atomic E-state index is 2.35. The monoisotopic (exact) mass is 235 g/mol. The summed E-state index contributed by atoms with van der Waals surface area (Å²) in [6.45, 7) is 2.35. The molecule has 1 unspecified atom stereocenters. The molecule has 2 aliphatic rings. The fourth-order valence-corrected chi connectivity index (χ4v) is 5.45. The molecule has 0 aromatic carbocycles. The second kappa shape index (κ2) is 2.26. The Hall–Kier alpha value is 0.470. The quantitative estimate of drug-likeness (QED) is 0.309. The third-order valence-corrected chi connectivity index (χ3v) is 6.37. The van der Waals surface area contributed by atoms with Gasteiger partial charge >= 0.3 is 66.9 Å². The molecule has 1 aliphatic heterocycles. The Labute approximate surface area is 67.0 Å². The van der Waals surface area contributed by atoms with E-state index >= 15 is 0 Å². The molecule has 0 saturated carbocycles. The van der Waals surface area contributed by atoms with Crippen LogP contribution in [0.3, 0.4) is 0 Å². The van der Waals surface area contributed by atoms with Gasteiger partial charge in [-0.25, -0.2) is 0 Å². The van der Waals surface area contributed by atoms with Crippen LogP contribution in [0, 0.1) is 0 Å². The predicted molar refractivity (Wildman–Crippen MR) is 35.2 cm³/mol. The molecule has 9 heavy (non-hydrogen) atoms. The first kappa shape index (κ1) is 6.20. The van der Waals surface area contributed by atoms with Crippen LogP contribution in [0.15, 0.2) is 11.1 Å². The van der Waals surface area contributed by atoms with Crippen LogP contribution < -0.4 is 21.2 Å². The van der Waals surface area contributed by atoms with E-state index in [1.807, 2.05) is 11.1 Å². The summed E-state index contributed by atoms with van der Waals surface area (Å²) in [4.78, 5) is 0. The van der Waals surface area contributed by atoms with Crippen LogP contribution in [0.5, 0.6) is 0 Å². The standard InChI is InChI=1S/C8H12I/c1-2-8-7-4-3-6(7)5-9-8/h8H,2-5H2,1H3/q-1. The Morgan fingerprint density at radius 1 is 1.56 bits per heavy atom. The zero-order valence-corrected chi connectivity index (χ0v) is 7.94. The van der Waals surface area contributed by atoms with E-state index in [0.717, 1.165) is 3.92 Å². The fraction of sp³-hybridized carbons (Fsp3) is 0.750. The molecular formula is C8H12I-. The molecule has 0 spiro atoms. The van der Waals surface area contributed by atoms with E-state index in [0.29, 0.717) is 21.2 Å². The number of halogens is 1. The zero-order valence-electron chi connectivity index (χ0n) is 5.78. The minimum atomic E-state index is 0.584. The molecular weight excluding hydrogens is 223 g/mol. The normalized spacial score (nSPS) is 33.2. The Bertz CT molecular complexity index is 158. The van der Waals surface area contributed by atoms with Crippen LogP contribution in [0.4, 0.5) is 0 Å². The van der Waals surface area contributed by atoms with Gasteiger partial charge in [-0.15, -0.1) is 0 Å². The minimum absolute atomic E-state index is 0.584. The van der Waals surface area contributed by atoms with Crippen LogP contribution in [-0.2, 0) is 0 Å². The van der Waals surface area contributed by atoms with Gasteiger partial charge in [-0.1, -0.05) is 0 Å². The van der Waals surface area contributed by atoms with Crippen molar-refractivity contribution >= 4 is 0 Å². The molecule has 1 heterocycles. The van der Waals surface area contributed by atoms with E-state index in [1.54, 1.807) is 4.43 Å². The van der Waals surface area contributed by atoms with Gasteiger partial charge in [0.1, 0.15) is 0 Å². The molecule has 0 aromatic heterocycles. The van der Waals surface area contributed by atoms with Crippen molar-refractivity contribution in [1.82, 2.24) is 0 Å². The number of hydrogen-bond acceptors (Lipinski definition) is 0. The van der Waals surface area contributed by atoms with Crippen molar-refractivity contribution in [3.8, 4) is 0 Å². The second-order valence-electron chi connectivity index (χ2n) is 2.79. The van der Waals surface area contributed by atoms with Crippen molar-refractivity contribution in [3.05, 3.63) is 11.1 Å². The second-order valence-corrected chi connectivity index (χ2v) is 5.94. The molecule has 1 heteroatoms. The maximum absolute atomic E-state index is 2.35. The van der Waals surface area contributed by atoms with E-state index in [-0.39, 0.29) is 0 Å². The van der Waals surface area contributed by atoms with E-state index < -0.39 is 0 Å². The van der Waals surface area contributed by atoms with Crippen LogP contribution in [0.1, 0.15) is 26.2 Å². The molecule has 0 bridgehead atoms. The van der Waals surface area contributed by atoms with Crippen LogP contribution in [0.25, 0.3) is 0 Å². The number of rotatable bonds is 1. The average molecular weight is 235 g/mol. The Morgan fingerprint density at radius 2 is 2.44 bits per heavy atom. The van der Waals surface area contributed by atoms with Crippen molar-refractivity contribution in [1.29, 1.82) is 0 Å². The molecule has 0 fully saturated rings. The van der Waals surface area contributed by atoms with Crippen LogP contribution in [-0.4, -0.2) is 8.35 Å². The van der Waals surface area contributed by atoms with Gasteiger partial charge in [0.05, 0.1) is 0 Å². The molecule has 0 N–H and O–H groups in total. The van der Waals surface area contributed by atoms with Gasteiger partial charge in [0.2, 0.25) is 0 Å².